The summed E-state index contributed by atoms with van der Waals surface area (Å²) in [6, 6.07) is 6.31. The Balaban J connectivity index is 1.49. The molecule has 0 aliphatic carbocycles. The average Bonchev–Trinajstić information content (AvgIpc) is 2.95. The number of aromatic nitrogens is 2. The molecule has 2 aromatic rings. The van der Waals surface area contributed by atoms with Crippen LogP contribution < -0.4 is 5.32 Å². The summed E-state index contributed by atoms with van der Waals surface area (Å²) in [7, 11) is 0. The normalized spacial score (nSPS) is 29.8. The highest BCUT2D eigenvalue weighted by atomic mass is 15.2. The second-order valence-electron chi connectivity index (χ2n) is 5.92. The van der Waals surface area contributed by atoms with Gasteiger partial charge < -0.3 is 10.2 Å². The Labute approximate surface area is 113 Å². The molecule has 3 aliphatic heterocycles. The highest BCUT2D eigenvalue weighted by molar-refractivity contribution is 5.90. The van der Waals surface area contributed by atoms with Gasteiger partial charge >= 0.3 is 0 Å². The Bertz CT molecular complexity index is 568. The van der Waals surface area contributed by atoms with Crippen LogP contribution in [-0.4, -0.2) is 41.3 Å². The van der Waals surface area contributed by atoms with Gasteiger partial charge in [-0.3, -0.25) is 5.10 Å². The lowest BCUT2D eigenvalue weighted by Gasteiger charge is -2.45. The number of piperidine rings is 3. The number of nitrogens with zero attached hydrogens (tertiary/aromatic N) is 2. The van der Waals surface area contributed by atoms with E-state index in [1.165, 1.54) is 43.5 Å². The summed E-state index contributed by atoms with van der Waals surface area (Å²) in [6.07, 6.45) is 4.69. The van der Waals surface area contributed by atoms with Crippen LogP contribution in [0.15, 0.2) is 24.4 Å². The first-order chi connectivity index (χ1) is 9.40. The zero-order valence-corrected chi connectivity index (χ0v) is 11.1. The number of benzene rings is 1. The number of anilines is 1. The molecular formula is C15H20N4. The highest BCUT2D eigenvalue weighted by Gasteiger charge is 2.33. The van der Waals surface area contributed by atoms with E-state index in [2.05, 4.69) is 38.6 Å². The lowest BCUT2D eigenvalue weighted by Crippen LogP contribution is -2.49. The van der Waals surface area contributed by atoms with Gasteiger partial charge in [0, 0.05) is 24.2 Å². The molecule has 2 N–H and O–H groups in total. The van der Waals surface area contributed by atoms with E-state index >= 15 is 0 Å². The molecule has 0 saturated carbocycles. The molecule has 0 radical (unpaired) electrons. The van der Waals surface area contributed by atoms with Gasteiger partial charge in [-0.2, -0.15) is 5.10 Å². The number of H-pyrrole nitrogens is 1. The van der Waals surface area contributed by atoms with Crippen LogP contribution in [0, 0.1) is 11.8 Å². The maximum Gasteiger partial charge on any atom is 0.0671 e. The SMILES string of the molecule is c1cc(NC[C@@H]2CN3CCC2CC3)c2cn[nH]c2c1. The third-order valence-electron chi connectivity index (χ3n) is 4.83. The molecule has 4 nitrogen and oxygen atoms in total. The van der Waals surface area contributed by atoms with Crippen molar-refractivity contribution in [3.8, 4) is 0 Å². The fourth-order valence-electron chi connectivity index (χ4n) is 3.68. The molecular weight excluding hydrogens is 236 g/mol. The molecule has 2 bridgehead atoms. The predicted octanol–water partition coefficient (Wildman–Crippen LogP) is 2.32. The second kappa shape index (κ2) is 4.53. The monoisotopic (exact) mass is 256 g/mol. The van der Waals surface area contributed by atoms with Gasteiger partial charge in [-0.05, 0) is 49.9 Å². The van der Waals surface area contributed by atoms with Crippen molar-refractivity contribution in [3.63, 3.8) is 0 Å². The van der Waals surface area contributed by atoms with Gasteiger partial charge in [0.05, 0.1) is 11.7 Å². The Kier molecular flexibility index (Phi) is 2.69. The zero-order chi connectivity index (χ0) is 12.7. The molecule has 0 spiro atoms. The summed E-state index contributed by atoms with van der Waals surface area (Å²) >= 11 is 0. The smallest absolute Gasteiger partial charge is 0.0671 e. The first-order valence-corrected chi connectivity index (χ1v) is 7.28. The van der Waals surface area contributed by atoms with Gasteiger partial charge in [0.15, 0.2) is 0 Å². The summed E-state index contributed by atoms with van der Waals surface area (Å²) in [6.45, 7) is 5.00. The molecule has 4 heterocycles. The Morgan fingerprint density at radius 3 is 3.00 bits per heavy atom. The molecule has 3 aliphatic rings. The first kappa shape index (κ1) is 11.3. The molecule has 19 heavy (non-hydrogen) atoms. The van der Waals surface area contributed by atoms with Gasteiger partial charge in [0.1, 0.15) is 0 Å². The van der Waals surface area contributed by atoms with E-state index in [9.17, 15) is 0 Å². The minimum atomic E-state index is 0.810. The van der Waals surface area contributed by atoms with Crippen molar-refractivity contribution in [1.29, 1.82) is 0 Å². The highest BCUT2D eigenvalue weighted by Crippen LogP contribution is 2.32. The summed E-state index contributed by atoms with van der Waals surface area (Å²) in [4.78, 5) is 2.62. The number of fused-ring (bicyclic) bond motifs is 4. The third-order valence-corrected chi connectivity index (χ3v) is 4.83. The number of nitrogens with one attached hydrogen (secondary N) is 2. The fourth-order valence-corrected chi connectivity index (χ4v) is 3.68. The van der Waals surface area contributed by atoms with Crippen LogP contribution in [0.3, 0.4) is 0 Å². The third kappa shape index (κ3) is 2.00. The van der Waals surface area contributed by atoms with Crippen LogP contribution in [0.4, 0.5) is 5.69 Å². The number of hydrogen-bond donors (Lipinski definition) is 2. The summed E-state index contributed by atoms with van der Waals surface area (Å²) < 4.78 is 0. The van der Waals surface area contributed by atoms with Gasteiger partial charge in [0.25, 0.3) is 0 Å². The van der Waals surface area contributed by atoms with E-state index in [4.69, 9.17) is 0 Å². The van der Waals surface area contributed by atoms with Crippen LogP contribution in [0.5, 0.6) is 0 Å². The maximum atomic E-state index is 4.12. The van der Waals surface area contributed by atoms with Gasteiger partial charge in [-0.15, -0.1) is 0 Å². The predicted molar refractivity (Wildman–Crippen MR) is 77.2 cm³/mol. The van der Waals surface area contributed by atoms with Crippen LogP contribution >= 0.6 is 0 Å². The van der Waals surface area contributed by atoms with Crippen molar-refractivity contribution in [2.45, 2.75) is 12.8 Å². The standard InChI is InChI=1S/C15H20N4/c1-2-14(13-9-17-18-15(13)3-1)16-8-12-10-19-6-4-11(12)5-7-19/h1-3,9,11-12,16H,4-8,10H2,(H,17,18)/t12-/m1/s1. The van der Waals surface area contributed by atoms with Crippen molar-refractivity contribution in [2.24, 2.45) is 11.8 Å². The molecule has 0 unspecified atom stereocenters. The average molecular weight is 256 g/mol. The van der Waals surface area contributed by atoms with Crippen LogP contribution in [0.25, 0.3) is 10.9 Å². The Hall–Kier alpha value is -1.55. The van der Waals surface area contributed by atoms with Crippen LogP contribution in [0.2, 0.25) is 0 Å². The number of rotatable bonds is 3. The molecule has 3 saturated heterocycles. The maximum absolute atomic E-state index is 4.12. The Morgan fingerprint density at radius 2 is 2.21 bits per heavy atom. The molecule has 3 fully saturated rings. The fraction of sp³-hybridized carbons (Fsp3) is 0.533. The quantitative estimate of drug-likeness (QED) is 0.885. The molecule has 4 heteroatoms. The lowest BCUT2D eigenvalue weighted by atomic mass is 9.79. The van der Waals surface area contributed by atoms with Crippen molar-refractivity contribution in [2.75, 3.05) is 31.5 Å². The minimum Gasteiger partial charge on any atom is -0.384 e. The summed E-state index contributed by atoms with van der Waals surface area (Å²) in [5.74, 6) is 1.74. The lowest BCUT2D eigenvalue weighted by molar-refractivity contribution is 0.0574. The van der Waals surface area contributed by atoms with Gasteiger partial charge in [0.2, 0.25) is 0 Å². The van der Waals surface area contributed by atoms with E-state index in [0.29, 0.717) is 0 Å². The Morgan fingerprint density at radius 1 is 1.32 bits per heavy atom. The van der Waals surface area contributed by atoms with Gasteiger partial charge in [-0.25, -0.2) is 0 Å². The molecule has 5 rings (SSSR count). The summed E-state index contributed by atoms with van der Waals surface area (Å²) in [5, 5.41) is 12.0. The molecule has 1 atom stereocenters. The van der Waals surface area contributed by atoms with Crippen LogP contribution in [-0.2, 0) is 0 Å². The van der Waals surface area contributed by atoms with E-state index < -0.39 is 0 Å². The molecule has 1 aromatic heterocycles. The number of hydrogen-bond acceptors (Lipinski definition) is 3. The van der Waals surface area contributed by atoms with E-state index in [1.54, 1.807) is 0 Å². The van der Waals surface area contributed by atoms with Crippen LogP contribution in [0.1, 0.15) is 12.8 Å². The van der Waals surface area contributed by atoms with Crippen molar-refractivity contribution < 1.29 is 0 Å². The second-order valence-corrected chi connectivity index (χ2v) is 5.92. The van der Waals surface area contributed by atoms with E-state index in [1.807, 2.05) is 6.20 Å². The van der Waals surface area contributed by atoms with Crippen molar-refractivity contribution in [3.05, 3.63) is 24.4 Å². The van der Waals surface area contributed by atoms with Crippen molar-refractivity contribution in [1.82, 2.24) is 15.1 Å². The topological polar surface area (TPSA) is 44.0 Å². The van der Waals surface area contributed by atoms with Gasteiger partial charge in [-0.1, -0.05) is 6.07 Å². The van der Waals surface area contributed by atoms with E-state index in [-0.39, 0.29) is 0 Å². The number of aromatic amines is 1. The summed E-state index contributed by atoms with van der Waals surface area (Å²) in [5.41, 5.74) is 2.32. The molecule has 1 aromatic carbocycles. The largest absolute Gasteiger partial charge is 0.384 e. The molecule has 100 valence electrons. The molecule has 0 amide bonds. The minimum absolute atomic E-state index is 0.810. The van der Waals surface area contributed by atoms with E-state index in [0.717, 1.165) is 23.9 Å². The first-order valence-electron chi connectivity index (χ1n) is 7.28. The van der Waals surface area contributed by atoms with Crippen molar-refractivity contribution >= 4 is 16.6 Å². The zero-order valence-electron chi connectivity index (χ0n) is 11.1.